The number of H-pyrrole nitrogens is 1. The van der Waals surface area contributed by atoms with Crippen LogP contribution in [0.25, 0.3) is 0 Å². The van der Waals surface area contributed by atoms with Crippen LogP contribution in [0.15, 0.2) is 10.9 Å². The molecule has 0 atom stereocenters. The van der Waals surface area contributed by atoms with Crippen LogP contribution in [0.3, 0.4) is 0 Å². The third-order valence-electron chi connectivity index (χ3n) is 3.25. The second kappa shape index (κ2) is 6.67. The molecule has 0 aliphatic rings. The Hall–Kier alpha value is -2.58. The summed E-state index contributed by atoms with van der Waals surface area (Å²) in [6, 6.07) is 1.34. The van der Waals surface area contributed by atoms with Crippen LogP contribution < -0.4 is 10.9 Å². The second-order valence-electron chi connectivity index (χ2n) is 5.14. The van der Waals surface area contributed by atoms with E-state index in [1.165, 1.54) is 6.07 Å². The maximum Gasteiger partial charge on any atom is 0.257 e. The van der Waals surface area contributed by atoms with Crippen molar-refractivity contribution >= 4 is 5.91 Å². The molecule has 2 N–H and O–H groups in total. The number of carbonyl (C=O) groups excluding carboxylic acids is 1. The van der Waals surface area contributed by atoms with E-state index in [4.69, 9.17) is 0 Å². The van der Waals surface area contributed by atoms with E-state index in [1.807, 2.05) is 0 Å². The van der Waals surface area contributed by atoms with Crippen LogP contribution in [0.5, 0.6) is 0 Å². The monoisotopic (exact) mass is 325 g/mol. The third-order valence-corrected chi connectivity index (χ3v) is 3.25. The number of rotatable bonds is 5. The molecule has 0 bridgehead atoms. The Kier molecular flexibility index (Phi) is 4.87. The van der Waals surface area contributed by atoms with Gasteiger partial charge in [0.15, 0.2) is 0 Å². The van der Waals surface area contributed by atoms with Crippen molar-refractivity contribution in [3.05, 3.63) is 44.9 Å². The molecule has 0 fully saturated rings. The summed E-state index contributed by atoms with van der Waals surface area (Å²) in [4.78, 5) is 30.2. The number of halogens is 2. The lowest BCUT2D eigenvalue weighted by molar-refractivity contribution is 0.0946. The van der Waals surface area contributed by atoms with Crippen molar-refractivity contribution in [2.75, 3.05) is 0 Å². The number of aromatic nitrogens is 4. The van der Waals surface area contributed by atoms with Gasteiger partial charge in [-0.1, -0.05) is 0 Å². The molecule has 0 aliphatic heterocycles. The van der Waals surface area contributed by atoms with Crippen LogP contribution >= 0.6 is 0 Å². The van der Waals surface area contributed by atoms with Gasteiger partial charge in [0, 0.05) is 17.5 Å². The van der Waals surface area contributed by atoms with E-state index in [0.717, 1.165) is 4.68 Å². The fourth-order valence-corrected chi connectivity index (χ4v) is 2.31. The molecule has 0 radical (unpaired) electrons. The Bertz CT molecular complexity index is 782. The highest BCUT2D eigenvalue weighted by atomic mass is 19.3. The van der Waals surface area contributed by atoms with Crippen molar-refractivity contribution in [1.82, 2.24) is 25.1 Å². The van der Waals surface area contributed by atoms with Gasteiger partial charge in [-0.2, -0.15) is 5.10 Å². The van der Waals surface area contributed by atoms with E-state index in [1.54, 1.807) is 20.8 Å². The Morgan fingerprint density at radius 3 is 2.70 bits per heavy atom. The molecule has 2 rings (SSSR count). The fourth-order valence-electron chi connectivity index (χ4n) is 2.31. The van der Waals surface area contributed by atoms with Gasteiger partial charge in [0.25, 0.3) is 17.9 Å². The fraction of sp³-hybridized carbons (Fsp3) is 0.429. The molecule has 0 unspecified atom stereocenters. The van der Waals surface area contributed by atoms with E-state index in [-0.39, 0.29) is 17.7 Å². The second-order valence-corrected chi connectivity index (χ2v) is 5.14. The first-order chi connectivity index (χ1) is 10.8. The van der Waals surface area contributed by atoms with Crippen molar-refractivity contribution in [3.8, 4) is 0 Å². The van der Waals surface area contributed by atoms with Gasteiger partial charge in [0.05, 0.1) is 17.8 Å². The van der Waals surface area contributed by atoms with Crippen molar-refractivity contribution in [1.29, 1.82) is 0 Å². The predicted molar refractivity (Wildman–Crippen MR) is 78.5 cm³/mol. The number of nitrogens with one attached hydrogen (secondary N) is 2. The third kappa shape index (κ3) is 3.99. The van der Waals surface area contributed by atoms with Crippen molar-refractivity contribution in [3.63, 3.8) is 0 Å². The van der Waals surface area contributed by atoms with Gasteiger partial charge in [-0.15, -0.1) is 0 Å². The minimum atomic E-state index is -2.55. The number of alkyl halides is 2. The molecule has 1 amide bonds. The zero-order chi connectivity index (χ0) is 17.1. The largest absolute Gasteiger partial charge is 0.345 e. The summed E-state index contributed by atoms with van der Waals surface area (Å²) in [7, 11) is 0. The maximum atomic E-state index is 12.5. The molecular weight excluding hydrogens is 308 g/mol. The van der Waals surface area contributed by atoms with Gasteiger partial charge < -0.3 is 10.3 Å². The Labute approximate surface area is 130 Å². The number of aromatic amines is 1. The van der Waals surface area contributed by atoms with E-state index < -0.39 is 18.9 Å². The molecule has 0 saturated heterocycles. The van der Waals surface area contributed by atoms with Crippen LogP contribution in [0.2, 0.25) is 0 Å². The predicted octanol–water partition coefficient (Wildman–Crippen LogP) is 1.09. The zero-order valence-corrected chi connectivity index (χ0v) is 13.0. The van der Waals surface area contributed by atoms with Crippen LogP contribution in [0.4, 0.5) is 8.78 Å². The van der Waals surface area contributed by atoms with Crippen LogP contribution in [-0.4, -0.2) is 32.1 Å². The van der Waals surface area contributed by atoms with Crippen LogP contribution in [0.1, 0.15) is 33.3 Å². The van der Waals surface area contributed by atoms with Crippen molar-refractivity contribution in [2.24, 2.45) is 0 Å². The van der Waals surface area contributed by atoms with Crippen molar-refractivity contribution in [2.45, 2.75) is 40.3 Å². The molecule has 7 nitrogen and oxygen atoms in total. The number of aryl methyl sites for hydroxylation is 2. The number of nitrogens with zero attached hydrogens (tertiary/aromatic N) is 3. The standard InChI is InChI=1S/C14H17F2N5O2/c1-7-4-12(22)19-11(18-7)5-17-14(23)13-8(2)20-21(9(13)3)6-10(15)16/h4,10H,5-6H2,1-3H3,(H,17,23)(H,18,19,22). The lowest BCUT2D eigenvalue weighted by Crippen LogP contribution is -2.26. The summed E-state index contributed by atoms with van der Waals surface area (Å²) >= 11 is 0. The molecule has 2 heterocycles. The van der Waals surface area contributed by atoms with Gasteiger partial charge in [-0.25, -0.2) is 13.8 Å². The molecule has 124 valence electrons. The lowest BCUT2D eigenvalue weighted by Gasteiger charge is -2.06. The molecule has 9 heteroatoms. The van der Waals surface area contributed by atoms with Gasteiger partial charge in [-0.05, 0) is 20.8 Å². The first-order valence-electron chi connectivity index (χ1n) is 6.95. The number of hydrogen-bond acceptors (Lipinski definition) is 4. The average molecular weight is 325 g/mol. The molecule has 2 aromatic heterocycles. The summed E-state index contributed by atoms with van der Waals surface area (Å²) in [5.41, 5.74) is 1.21. The molecular formula is C14H17F2N5O2. The van der Waals surface area contributed by atoms with E-state index in [0.29, 0.717) is 22.9 Å². The average Bonchev–Trinajstić information content (AvgIpc) is 2.69. The zero-order valence-electron chi connectivity index (χ0n) is 13.0. The molecule has 0 spiro atoms. The quantitative estimate of drug-likeness (QED) is 0.860. The highest BCUT2D eigenvalue weighted by Crippen LogP contribution is 2.14. The Balaban J connectivity index is 2.14. The number of hydrogen-bond donors (Lipinski definition) is 2. The summed E-state index contributed by atoms with van der Waals surface area (Å²) < 4.78 is 26.1. The van der Waals surface area contributed by atoms with Crippen LogP contribution in [0, 0.1) is 20.8 Å². The SMILES string of the molecule is Cc1cc(=O)[nH]c(CNC(=O)c2c(C)nn(CC(F)F)c2C)n1. The number of carbonyl (C=O) groups is 1. The minimum absolute atomic E-state index is 0.0225. The normalized spacial score (nSPS) is 11.0. The molecule has 23 heavy (non-hydrogen) atoms. The van der Waals surface area contributed by atoms with Crippen molar-refractivity contribution < 1.29 is 13.6 Å². The summed E-state index contributed by atoms with van der Waals surface area (Å²) in [6.45, 7) is 4.27. The first-order valence-corrected chi connectivity index (χ1v) is 6.95. The van der Waals surface area contributed by atoms with E-state index in [9.17, 15) is 18.4 Å². The smallest absolute Gasteiger partial charge is 0.257 e. The highest BCUT2D eigenvalue weighted by molar-refractivity contribution is 5.96. The molecule has 0 aliphatic carbocycles. The first kappa shape index (κ1) is 16.8. The Morgan fingerprint density at radius 1 is 1.39 bits per heavy atom. The van der Waals surface area contributed by atoms with Gasteiger partial charge in [0.2, 0.25) is 0 Å². The highest BCUT2D eigenvalue weighted by Gasteiger charge is 2.20. The minimum Gasteiger partial charge on any atom is -0.345 e. The topological polar surface area (TPSA) is 92.7 Å². The van der Waals surface area contributed by atoms with Gasteiger partial charge in [-0.3, -0.25) is 14.3 Å². The summed E-state index contributed by atoms with van der Waals surface area (Å²) in [5, 5.41) is 6.56. The molecule has 0 aromatic carbocycles. The van der Waals surface area contributed by atoms with E-state index in [2.05, 4.69) is 20.4 Å². The summed E-state index contributed by atoms with van der Waals surface area (Å²) in [5.74, 6) is -0.136. The summed E-state index contributed by atoms with van der Waals surface area (Å²) in [6.07, 6.45) is -2.55. The molecule has 0 saturated carbocycles. The number of amides is 1. The lowest BCUT2D eigenvalue weighted by atomic mass is 10.2. The maximum absolute atomic E-state index is 12.5. The van der Waals surface area contributed by atoms with Gasteiger partial charge >= 0.3 is 0 Å². The molecule has 2 aromatic rings. The van der Waals surface area contributed by atoms with Gasteiger partial charge in [0.1, 0.15) is 12.4 Å². The van der Waals surface area contributed by atoms with E-state index >= 15 is 0 Å². The van der Waals surface area contributed by atoms with Crippen LogP contribution in [-0.2, 0) is 13.1 Å². The Morgan fingerprint density at radius 2 is 2.09 bits per heavy atom.